The molecule has 14 heavy (non-hydrogen) atoms. The number of nitrogens with zero attached hydrogens (tertiary/aromatic N) is 2. The van der Waals surface area contributed by atoms with Gasteiger partial charge in [0.15, 0.2) is 5.82 Å². The summed E-state index contributed by atoms with van der Waals surface area (Å²) < 4.78 is 17.9. The summed E-state index contributed by atoms with van der Waals surface area (Å²) in [4.78, 5) is 7.44. The standard InChI is InChI=1S/C9H12FN3O/c1-11-7-2-8(3-7)14-9-12-4-6(10)5-13-9/h4-5,7-8,11H,2-3H2,1H3/t7-,8-. The molecule has 1 aromatic heterocycles. The van der Waals surface area contributed by atoms with E-state index < -0.39 is 5.82 Å². The molecule has 0 aromatic carbocycles. The van der Waals surface area contributed by atoms with Gasteiger partial charge in [0.2, 0.25) is 0 Å². The Morgan fingerprint density at radius 1 is 1.43 bits per heavy atom. The van der Waals surface area contributed by atoms with Gasteiger partial charge in [0.25, 0.3) is 0 Å². The van der Waals surface area contributed by atoms with Gasteiger partial charge in [-0.3, -0.25) is 0 Å². The Bertz CT molecular complexity index is 297. The number of hydrogen-bond acceptors (Lipinski definition) is 4. The molecule has 1 saturated carbocycles. The molecule has 0 atom stereocenters. The van der Waals surface area contributed by atoms with Crippen LogP contribution in [0.5, 0.6) is 6.01 Å². The van der Waals surface area contributed by atoms with Gasteiger partial charge >= 0.3 is 6.01 Å². The van der Waals surface area contributed by atoms with Gasteiger partial charge in [0, 0.05) is 6.04 Å². The number of aromatic nitrogens is 2. The fourth-order valence-electron chi connectivity index (χ4n) is 1.41. The summed E-state index contributed by atoms with van der Waals surface area (Å²) in [6.45, 7) is 0. The fraction of sp³-hybridized carbons (Fsp3) is 0.556. The summed E-state index contributed by atoms with van der Waals surface area (Å²) in [5.41, 5.74) is 0. The van der Waals surface area contributed by atoms with Crippen LogP contribution in [0.4, 0.5) is 4.39 Å². The van der Waals surface area contributed by atoms with Crippen LogP contribution in [-0.2, 0) is 0 Å². The maximum Gasteiger partial charge on any atom is 0.316 e. The summed E-state index contributed by atoms with van der Waals surface area (Å²) in [6.07, 6.45) is 4.29. The van der Waals surface area contributed by atoms with E-state index in [1.165, 1.54) is 0 Å². The summed E-state index contributed by atoms with van der Waals surface area (Å²) in [5.74, 6) is -0.445. The van der Waals surface area contributed by atoms with Crippen molar-refractivity contribution in [2.24, 2.45) is 0 Å². The number of hydrogen-bond donors (Lipinski definition) is 1. The first-order valence-electron chi connectivity index (χ1n) is 4.59. The Balaban J connectivity index is 1.84. The van der Waals surface area contributed by atoms with Gasteiger partial charge in [-0.15, -0.1) is 0 Å². The molecule has 76 valence electrons. The van der Waals surface area contributed by atoms with Crippen LogP contribution in [0.2, 0.25) is 0 Å². The first-order valence-corrected chi connectivity index (χ1v) is 4.59. The minimum atomic E-state index is -0.445. The molecule has 1 aliphatic rings. The van der Waals surface area contributed by atoms with Gasteiger partial charge in [-0.25, -0.2) is 14.4 Å². The van der Waals surface area contributed by atoms with Crippen LogP contribution in [0.3, 0.4) is 0 Å². The highest BCUT2D eigenvalue weighted by atomic mass is 19.1. The SMILES string of the molecule is CN[C@H]1C[C@H](Oc2ncc(F)cn2)C1. The molecule has 0 unspecified atom stereocenters. The maximum absolute atomic E-state index is 12.4. The van der Waals surface area contributed by atoms with Crippen molar-refractivity contribution >= 4 is 0 Å². The van der Waals surface area contributed by atoms with Crippen LogP contribution in [0, 0.1) is 5.82 Å². The molecule has 1 N–H and O–H groups in total. The van der Waals surface area contributed by atoms with E-state index >= 15 is 0 Å². The molecule has 0 aliphatic heterocycles. The van der Waals surface area contributed by atoms with Crippen LogP contribution in [0.25, 0.3) is 0 Å². The maximum atomic E-state index is 12.4. The third kappa shape index (κ3) is 1.98. The number of halogens is 1. The molecular formula is C9H12FN3O. The Kier molecular flexibility index (Phi) is 2.58. The molecule has 0 spiro atoms. The lowest BCUT2D eigenvalue weighted by molar-refractivity contribution is 0.0786. The minimum Gasteiger partial charge on any atom is -0.460 e. The van der Waals surface area contributed by atoms with Crippen molar-refractivity contribution in [3.05, 3.63) is 18.2 Å². The number of rotatable bonds is 3. The monoisotopic (exact) mass is 197 g/mol. The van der Waals surface area contributed by atoms with Crippen molar-refractivity contribution < 1.29 is 9.13 Å². The van der Waals surface area contributed by atoms with Crippen molar-refractivity contribution in [2.75, 3.05) is 7.05 Å². The average molecular weight is 197 g/mol. The highest BCUT2D eigenvalue weighted by molar-refractivity contribution is 4.98. The van der Waals surface area contributed by atoms with E-state index in [1.807, 2.05) is 7.05 Å². The molecular weight excluding hydrogens is 185 g/mol. The van der Waals surface area contributed by atoms with Crippen molar-refractivity contribution in [3.63, 3.8) is 0 Å². The lowest BCUT2D eigenvalue weighted by Gasteiger charge is -2.34. The van der Waals surface area contributed by atoms with Gasteiger partial charge in [-0.1, -0.05) is 0 Å². The topological polar surface area (TPSA) is 47.0 Å². The third-order valence-corrected chi connectivity index (χ3v) is 2.37. The zero-order valence-corrected chi connectivity index (χ0v) is 7.90. The Morgan fingerprint density at radius 2 is 2.07 bits per heavy atom. The molecule has 0 saturated heterocycles. The predicted octanol–water partition coefficient (Wildman–Crippen LogP) is 0.745. The second kappa shape index (κ2) is 3.88. The highest BCUT2D eigenvalue weighted by Gasteiger charge is 2.29. The quantitative estimate of drug-likeness (QED) is 0.776. The first kappa shape index (κ1) is 9.33. The summed E-state index contributed by atoms with van der Waals surface area (Å²) in [7, 11) is 1.93. The molecule has 4 nitrogen and oxygen atoms in total. The van der Waals surface area contributed by atoms with E-state index in [0.29, 0.717) is 6.04 Å². The average Bonchev–Trinajstić information content (AvgIpc) is 2.13. The van der Waals surface area contributed by atoms with Gasteiger partial charge in [-0.05, 0) is 19.9 Å². The molecule has 5 heteroatoms. The smallest absolute Gasteiger partial charge is 0.316 e. The lowest BCUT2D eigenvalue weighted by Crippen LogP contribution is -2.45. The molecule has 0 bridgehead atoms. The third-order valence-electron chi connectivity index (χ3n) is 2.37. The zero-order valence-electron chi connectivity index (χ0n) is 7.90. The van der Waals surface area contributed by atoms with Gasteiger partial charge in [-0.2, -0.15) is 0 Å². The Hall–Kier alpha value is -1.23. The van der Waals surface area contributed by atoms with E-state index in [0.717, 1.165) is 25.2 Å². The molecule has 1 aliphatic carbocycles. The largest absolute Gasteiger partial charge is 0.460 e. The summed E-state index contributed by atoms with van der Waals surface area (Å²) >= 11 is 0. The first-order chi connectivity index (χ1) is 6.78. The second-order valence-corrected chi connectivity index (χ2v) is 3.38. The highest BCUT2D eigenvalue weighted by Crippen LogP contribution is 2.23. The normalized spacial score (nSPS) is 25.6. The van der Waals surface area contributed by atoms with Gasteiger partial charge < -0.3 is 10.1 Å². The molecule has 1 fully saturated rings. The van der Waals surface area contributed by atoms with Crippen LogP contribution >= 0.6 is 0 Å². The number of nitrogens with one attached hydrogen (secondary N) is 1. The molecule has 2 rings (SSSR count). The van der Waals surface area contributed by atoms with Crippen molar-refractivity contribution in [1.82, 2.24) is 15.3 Å². The van der Waals surface area contributed by atoms with Crippen LogP contribution < -0.4 is 10.1 Å². The van der Waals surface area contributed by atoms with Gasteiger partial charge in [0.05, 0.1) is 12.4 Å². The minimum absolute atomic E-state index is 0.165. The van der Waals surface area contributed by atoms with Crippen LogP contribution in [0.1, 0.15) is 12.8 Å². The Morgan fingerprint density at radius 3 is 2.64 bits per heavy atom. The van der Waals surface area contributed by atoms with Crippen molar-refractivity contribution in [3.8, 4) is 6.01 Å². The summed E-state index contributed by atoms with van der Waals surface area (Å²) in [5, 5.41) is 3.15. The van der Waals surface area contributed by atoms with E-state index in [-0.39, 0.29) is 12.1 Å². The predicted molar refractivity (Wildman–Crippen MR) is 48.5 cm³/mol. The zero-order chi connectivity index (χ0) is 9.97. The van der Waals surface area contributed by atoms with E-state index in [2.05, 4.69) is 15.3 Å². The van der Waals surface area contributed by atoms with Crippen LogP contribution in [0.15, 0.2) is 12.4 Å². The molecule has 0 radical (unpaired) electrons. The number of ether oxygens (including phenoxy) is 1. The molecule has 1 heterocycles. The Labute approximate surface area is 81.5 Å². The van der Waals surface area contributed by atoms with Crippen LogP contribution in [-0.4, -0.2) is 29.2 Å². The molecule has 1 aromatic rings. The van der Waals surface area contributed by atoms with E-state index in [4.69, 9.17) is 4.74 Å². The second-order valence-electron chi connectivity index (χ2n) is 3.38. The van der Waals surface area contributed by atoms with E-state index in [9.17, 15) is 4.39 Å². The summed E-state index contributed by atoms with van der Waals surface area (Å²) in [6, 6.07) is 0.784. The van der Waals surface area contributed by atoms with Crippen molar-refractivity contribution in [1.29, 1.82) is 0 Å². The molecule has 0 amide bonds. The fourth-order valence-corrected chi connectivity index (χ4v) is 1.41. The van der Waals surface area contributed by atoms with Crippen molar-refractivity contribution in [2.45, 2.75) is 25.0 Å². The lowest BCUT2D eigenvalue weighted by atomic mass is 9.89. The van der Waals surface area contributed by atoms with Gasteiger partial charge in [0.1, 0.15) is 6.10 Å². The van der Waals surface area contributed by atoms with E-state index in [1.54, 1.807) is 0 Å².